The molecule has 3 N–H and O–H groups in total. The maximum absolute atomic E-state index is 13.0. The van der Waals surface area contributed by atoms with E-state index in [1.807, 2.05) is 29.2 Å². The number of hydrogen-bond donors (Lipinski definition) is 2. The number of carbonyl (C=O) groups excluding carboxylic acids is 2. The minimum atomic E-state index is -0.459. The van der Waals surface area contributed by atoms with Gasteiger partial charge in [0.2, 0.25) is 5.91 Å². The molecule has 0 spiro atoms. The van der Waals surface area contributed by atoms with Crippen LogP contribution in [0.1, 0.15) is 47.2 Å². The van der Waals surface area contributed by atoms with Crippen molar-refractivity contribution in [2.45, 2.75) is 44.8 Å². The Bertz CT molecular complexity index is 814. The van der Waals surface area contributed by atoms with E-state index in [-0.39, 0.29) is 12.1 Å². The van der Waals surface area contributed by atoms with E-state index in [2.05, 4.69) is 5.32 Å². The molecule has 3 rings (SSSR count). The standard InChI is InChI=1S/C22H27N3O3/c1-28-20-9-5-2-6-18(20)15-25(19-7-3-4-8-19)22(27)24-14-16-10-12-17(13-11-16)21(23)26/h2,5-6,9-13,19H,3-4,7-8,14-15H2,1H3,(H2,23,26)(H,24,27). The zero-order valence-electron chi connectivity index (χ0n) is 16.2. The van der Waals surface area contributed by atoms with E-state index in [1.165, 1.54) is 0 Å². The lowest BCUT2D eigenvalue weighted by Crippen LogP contribution is -2.44. The molecule has 2 aromatic carbocycles. The van der Waals surface area contributed by atoms with Crippen LogP contribution in [-0.2, 0) is 13.1 Å². The Labute approximate surface area is 165 Å². The maximum Gasteiger partial charge on any atom is 0.318 e. The minimum Gasteiger partial charge on any atom is -0.496 e. The Morgan fingerprint density at radius 3 is 2.43 bits per heavy atom. The molecule has 2 aromatic rings. The highest BCUT2D eigenvalue weighted by atomic mass is 16.5. The number of benzene rings is 2. The molecule has 1 aliphatic carbocycles. The number of nitrogens with one attached hydrogen (secondary N) is 1. The molecular formula is C22H27N3O3. The van der Waals surface area contributed by atoms with Crippen LogP contribution in [0.3, 0.4) is 0 Å². The van der Waals surface area contributed by atoms with E-state index in [1.54, 1.807) is 31.4 Å². The van der Waals surface area contributed by atoms with Gasteiger partial charge in [-0.05, 0) is 36.6 Å². The highest BCUT2D eigenvalue weighted by Gasteiger charge is 2.27. The van der Waals surface area contributed by atoms with Gasteiger partial charge in [-0.2, -0.15) is 0 Å². The van der Waals surface area contributed by atoms with E-state index in [0.717, 1.165) is 42.6 Å². The molecule has 0 aliphatic heterocycles. The summed E-state index contributed by atoms with van der Waals surface area (Å²) in [6.45, 7) is 0.911. The van der Waals surface area contributed by atoms with Crippen LogP contribution in [0.5, 0.6) is 5.75 Å². The Hall–Kier alpha value is -3.02. The van der Waals surface area contributed by atoms with Crippen molar-refractivity contribution in [2.75, 3.05) is 7.11 Å². The van der Waals surface area contributed by atoms with E-state index in [4.69, 9.17) is 10.5 Å². The molecule has 6 heteroatoms. The lowest BCUT2D eigenvalue weighted by Gasteiger charge is -2.30. The van der Waals surface area contributed by atoms with Gasteiger partial charge < -0.3 is 20.7 Å². The smallest absolute Gasteiger partial charge is 0.318 e. The molecular weight excluding hydrogens is 354 g/mol. The summed E-state index contributed by atoms with van der Waals surface area (Å²) >= 11 is 0. The first-order valence-electron chi connectivity index (χ1n) is 9.63. The third-order valence-electron chi connectivity index (χ3n) is 5.24. The van der Waals surface area contributed by atoms with Crippen LogP contribution in [-0.4, -0.2) is 30.0 Å². The topological polar surface area (TPSA) is 84.7 Å². The average Bonchev–Trinajstić information content (AvgIpc) is 3.25. The van der Waals surface area contributed by atoms with Gasteiger partial charge in [-0.3, -0.25) is 4.79 Å². The molecule has 1 aliphatic rings. The predicted octanol–water partition coefficient (Wildman–Crippen LogP) is 3.45. The fraction of sp³-hybridized carbons (Fsp3) is 0.364. The Morgan fingerprint density at radius 1 is 1.11 bits per heavy atom. The van der Waals surface area contributed by atoms with Gasteiger partial charge in [-0.25, -0.2) is 4.79 Å². The number of methoxy groups -OCH3 is 1. The number of urea groups is 1. The SMILES string of the molecule is COc1ccccc1CN(C(=O)NCc1ccc(C(N)=O)cc1)C1CCCC1. The van der Waals surface area contributed by atoms with Crippen LogP contribution in [0.2, 0.25) is 0 Å². The third kappa shape index (κ3) is 4.82. The quantitative estimate of drug-likeness (QED) is 0.770. The Balaban J connectivity index is 1.69. The molecule has 0 aromatic heterocycles. The second-order valence-corrected chi connectivity index (χ2v) is 7.10. The van der Waals surface area contributed by atoms with Gasteiger partial charge in [0.15, 0.2) is 0 Å². The number of hydrogen-bond acceptors (Lipinski definition) is 3. The Morgan fingerprint density at radius 2 is 1.79 bits per heavy atom. The van der Waals surface area contributed by atoms with Gasteiger partial charge in [0.25, 0.3) is 0 Å². The maximum atomic E-state index is 13.0. The van der Waals surface area contributed by atoms with Crippen molar-refractivity contribution in [1.82, 2.24) is 10.2 Å². The molecule has 0 radical (unpaired) electrons. The summed E-state index contributed by atoms with van der Waals surface area (Å²) in [7, 11) is 1.65. The van der Waals surface area contributed by atoms with Gasteiger partial charge in [0, 0.05) is 23.7 Å². The number of nitrogens with zero attached hydrogens (tertiary/aromatic N) is 1. The largest absolute Gasteiger partial charge is 0.496 e. The van der Waals surface area contributed by atoms with Gasteiger partial charge in [-0.1, -0.05) is 43.2 Å². The highest BCUT2D eigenvalue weighted by molar-refractivity contribution is 5.92. The summed E-state index contributed by atoms with van der Waals surface area (Å²) in [6, 6.07) is 14.9. The lowest BCUT2D eigenvalue weighted by atomic mass is 10.1. The van der Waals surface area contributed by atoms with Crippen LogP contribution in [0, 0.1) is 0 Å². The van der Waals surface area contributed by atoms with Crippen LogP contribution in [0.25, 0.3) is 0 Å². The summed E-state index contributed by atoms with van der Waals surface area (Å²) in [5, 5.41) is 3.01. The van der Waals surface area contributed by atoms with Crippen LogP contribution in [0.15, 0.2) is 48.5 Å². The zero-order chi connectivity index (χ0) is 19.9. The molecule has 0 atom stereocenters. The normalized spacial score (nSPS) is 13.9. The van der Waals surface area contributed by atoms with Crippen molar-refractivity contribution in [3.63, 3.8) is 0 Å². The number of primary amides is 1. The summed E-state index contributed by atoms with van der Waals surface area (Å²) in [6.07, 6.45) is 4.34. The number of para-hydroxylation sites is 1. The van der Waals surface area contributed by atoms with Crippen molar-refractivity contribution in [3.05, 3.63) is 65.2 Å². The molecule has 0 heterocycles. The van der Waals surface area contributed by atoms with Crippen molar-refractivity contribution in [2.24, 2.45) is 5.73 Å². The molecule has 6 nitrogen and oxygen atoms in total. The number of amides is 3. The van der Waals surface area contributed by atoms with Gasteiger partial charge in [0.1, 0.15) is 5.75 Å². The third-order valence-corrected chi connectivity index (χ3v) is 5.24. The number of carbonyl (C=O) groups is 2. The zero-order valence-corrected chi connectivity index (χ0v) is 16.2. The van der Waals surface area contributed by atoms with Crippen LogP contribution < -0.4 is 15.8 Å². The number of rotatable bonds is 7. The van der Waals surface area contributed by atoms with E-state index in [9.17, 15) is 9.59 Å². The molecule has 1 saturated carbocycles. The first kappa shape index (κ1) is 19.7. The molecule has 0 bridgehead atoms. The Kier molecular flexibility index (Phi) is 6.53. The fourth-order valence-corrected chi connectivity index (χ4v) is 3.67. The molecule has 148 valence electrons. The molecule has 0 unspecified atom stereocenters. The minimum absolute atomic E-state index is 0.0863. The van der Waals surface area contributed by atoms with Crippen molar-refractivity contribution in [1.29, 1.82) is 0 Å². The van der Waals surface area contributed by atoms with Gasteiger partial charge in [0.05, 0.1) is 13.7 Å². The second kappa shape index (κ2) is 9.26. The van der Waals surface area contributed by atoms with Crippen molar-refractivity contribution < 1.29 is 14.3 Å². The first-order valence-corrected chi connectivity index (χ1v) is 9.63. The van der Waals surface area contributed by atoms with E-state index < -0.39 is 5.91 Å². The summed E-state index contributed by atoms with van der Waals surface area (Å²) < 4.78 is 5.45. The van der Waals surface area contributed by atoms with E-state index in [0.29, 0.717) is 18.7 Å². The van der Waals surface area contributed by atoms with Crippen LogP contribution in [0.4, 0.5) is 4.79 Å². The fourth-order valence-electron chi connectivity index (χ4n) is 3.67. The molecule has 3 amide bonds. The summed E-state index contributed by atoms with van der Waals surface area (Å²) in [4.78, 5) is 26.1. The van der Waals surface area contributed by atoms with Gasteiger partial charge in [-0.15, -0.1) is 0 Å². The number of nitrogens with two attached hydrogens (primary N) is 1. The molecule has 1 fully saturated rings. The van der Waals surface area contributed by atoms with Crippen molar-refractivity contribution >= 4 is 11.9 Å². The molecule has 0 saturated heterocycles. The first-order chi connectivity index (χ1) is 13.6. The van der Waals surface area contributed by atoms with Gasteiger partial charge >= 0.3 is 6.03 Å². The van der Waals surface area contributed by atoms with Crippen molar-refractivity contribution in [3.8, 4) is 5.75 Å². The second-order valence-electron chi connectivity index (χ2n) is 7.10. The predicted molar refractivity (Wildman–Crippen MR) is 108 cm³/mol. The highest BCUT2D eigenvalue weighted by Crippen LogP contribution is 2.27. The van der Waals surface area contributed by atoms with E-state index >= 15 is 0 Å². The van der Waals surface area contributed by atoms with Crippen LogP contribution >= 0.6 is 0 Å². The summed E-state index contributed by atoms with van der Waals surface area (Å²) in [5.41, 5.74) is 7.64. The monoisotopic (exact) mass is 381 g/mol. The lowest BCUT2D eigenvalue weighted by molar-refractivity contribution is 0.1000. The number of ether oxygens (including phenoxy) is 1. The summed E-state index contributed by atoms with van der Waals surface area (Å²) in [5.74, 6) is 0.333. The average molecular weight is 381 g/mol. The molecule has 28 heavy (non-hydrogen) atoms.